The van der Waals surface area contributed by atoms with Gasteiger partial charge in [0.2, 0.25) is 0 Å². The van der Waals surface area contributed by atoms with Gasteiger partial charge in [0.25, 0.3) is 0 Å². The first kappa shape index (κ1) is 13.4. The third kappa shape index (κ3) is 3.27. The average molecular weight is 370 g/mol. The molecular formula is C14H14Br2N2. The number of hydrogen-bond donors (Lipinski definition) is 2. The molecular weight excluding hydrogens is 356 g/mol. The first-order valence-corrected chi connectivity index (χ1v) is 7.22. The second-order valence-electron chi connectivity index (χ2n) is 4.15. The summed E-state index contributed by atoms with van der Waals surface area (Å²) in [5.74, 6) is 0. The number of benzene rings is 2. The molecule has 1 unspecified atom stereocenters. The van der Waals surface area contributed by atoms with Crippen LogP contribution >= 0.6 is 31.9 Å². The molecule has 2 aromatic rings. The van der Waals surface area contributed by atoms with Crippen molar-refractivity contribution in [2.75, 3.05) is 11.1 Å². The van der Waals surface area contributed by atoms with E-state index in [9.17, 15) is 0 Å². The summed E-state index contributed by atoms with van der Waals surface area (Å²) in [7, 11) is 0. The van der Waals surface area contributed by atoms with E-state index < -0.39 is 0 Å². The van der Waals surface area contributed by atoms with Crippen molar-refractivity contribution in [1.29, 1.82) is 0 Å². The fourth-order valence-electron chi connectivity index (χ4n) is 1.73. The maximum atomic E-state index is 5.97. The second-order valence-corrected chi connectivity index (χ2v) is 5.98. The van der Waals surface area contributed by atoms with Crippen molar-refractivity contribution < 1.29 is 0 Å². The van der Waals surface area contributed by atoms with Crippen LogP contribution in [0.25, 0.3) is 0 Å². The van der Waals surface area contributed by atoms with E-state index in [1.165, 1.54) is 5.56 Å². The molecule has 3 N–H and O–H groups in total. The van der Waals surface area contributed by atoms with Gasteiger partial charge in [-0.25, -0.2) is 0 Å². The Morgan fingerprint density at radius 1 is 1.00 bits per heavy atom. The Bertz CT molecular complexity index is 538. The van der Waals surface area contributed by atoms with Crippen LogP contribution in [0.2, 0.25) is 0 Å². The summed E-state index contributed by atoms with van der Waals surface area (Å²) >= 11 is 6.84. The van der Waals surface area contributed by atoms with E-state index in [-0.39, 0.29) is 6.04 Å². The molecule has 2 nitrogen and oxygen atoms in total. The molecule has 1 atom stereocenters. The van der Waals surface area contributed by atoms with Crippen LogP contribution in [-0.4, -0.2) is 0 Å². The third-order valence-corrected chi connectivity index (χ3v) is 3.78. The maximum absolute atomic E-state index is 5.97. The van der Waals surface area contributed by atoms with E-state index in [1.807, 2.05) is 30.3 Å². The third-order valence-electron chi connectivity index (χ3n) is 2.76. The normalized spacial score (nSPS) is 12.2. The van der Waals surface area contributed by atoms with E-state index in [0.29, 0.717) is 0 Å². The number of nitrogens with two attached hydrogens (primary N) is 1. The highest BCUT2D eigenvalue weighted by atomic mass is 79.9. The lowest BCUT2D eigenvalue weighted by atomic mass is 10.1. The molecule has 0 saturated heterocycles. The Morgan fingerprint density at radius 2 is 1.61 bits per heavy atom. The summed E-state index contributed by atoms with van der Waals surface area (Å²) in [5.41, 5.74) is 8.89. The monoisotopic (exact) mass is 368 g/mol. The van der Waals surface area contributed by atoms with Gasteiger partial charge >= 0.3 is 0 Å². The van der Waals surface area contributed by atoms with E-state index in [2.05, 4.69) is 56.2 Å². The number of anilines is 2. The fourth-order valence-corrected chi connectivity index (χ4v) is 2.38. The molecule has 2 rings (SSSR count). The minimum atomic E-state index is 0.210. The smallest absolute Gasteiger partial charge is 0.0579 e. The van der Waals surface area contributed by atoms with Crippen molar-refractivity contribution in [3.63, 3.8) is 0 Å². The van der Waals surface area contributed by atoms with Crippen LogP contribution in [0.5, 0.6) is 0 Å². The predicted molar refractivity (Wildman–Crippen MR) is 84.7 cm³/mol. The molecule has 4 heteroatoms. The van der Waals surface area contributed by atoms with Crippen molar-refractivity contribution in [1.82, 2.24) is 0 Å². The van der Waals surface area contributed by atoms with E-state index >= 15 is 0 Å². The Balaban J connectivity index is 2.15. The van der Waals surface area contributed by atoms with Crippen molar-refractivity contribution in [3.05, 3.63) is 57.0 Å². The summed E-state index contributed by atoms with van der Waals surface area (Å²) in [5, 5.41) is 3.41. The predicted octanol–water partition coefficient (Wildman–Crippen LogP) is 4.97. The molecule has 0 radical (unpaired) electrons. The van der Waals surface area contributed by atoms with Crippen molar-refractivity contribution in [3.8, 4) is 0 Å². The fraction of sp³-hybridized carbons (Fsp3) is 0.143. The number of nitrogens with one attached hydrogen (secondary N) is 1. The lowest BCUT2D eigenvalue weighted by molar-refractivity contribution is 0.885. The minimum absolute atomic E-state index is 0.210. The topological polar surface area (TPSA) is 38.0 Å². The van der Waals surface area contributed by atoms with Crippen molar-refractivity contribution >= 4 is 43.2 Å². The van der Waals surface area contributed by atoms with Gasteiger partial charge in [0.05, 0.1) is 11.4 Å². The Hall–Kier alpha value is -1.00. The van der Waals surface area contributed by atoms with Crippen LogP contribution in [0.3, 0.4) is 0 Å². The first-order chi connectivity index (χ1) is 8.56. The van der Waals surface area contributed by atoms with Crippen LogP contribution in [0.1, 0.15) is 18.5 Å². The van der Waals surface area contributed by atoms with Crippen molar-refractivity contribution in [2.45, 2.75) is 13.0 Å². The van der Waals surface area contributed by atoms with Crippen LogP contribution in [0.15, 0.2) is 51.4 Å². The molecule has 0 bridgehead atoms. The highest BCUT2D eigenvalue weighted by molar-refractivity contribution is 9.10. The lowest BCUT2D eigenvalue weighted by Gasteiger charge is -2.17. The van der Waals surface area contributed by atoms with Gasteiger partial charge in [-0.1, -0.05) is 44.0 Å². The molecule has 0 spiro atoms. The molecule has 0 aliphatic heterocycles. The highest BCUT2D eigenvalue weighted by Gasteiger charge is 2.07. The maximum Gasteiger partial charge on any atom is 0.0579 e. The molecule has 0 amide bonds. The highest BCUT2D eigenvalue weighted by Crippen LogP contribution is 2.27. The van der Waals surface area contributed by atoms with Crippen LogP contribution in [0, 0.1) is 0 Å². The van der Waals surface area contributed by atoms with E-state index in [0.717, 1.165) is 20.3 Å². The van der Waals surface area contributed by atoms with Crippen LogP contribution < -0.4 is 11.1 Å². The van der Waals surface area contributed by atoms with Gasteiger partial charge in [-0.2, -0.15) is 0 Å². The summed E-state index contributed by atoms with van der Waals surface area (Å²) in [6.45, 7) is 2.12. The molecule has 0 saturated carbocycles. The molecule has 0 aromatic heterocycles. The first-order valence-electron chi connectivity index (χ1n) is 5.63. The zero-order chi connectivity index (χ0) is 13.1. The second kappa shape index (κ2) is 5.76. The number of nitrogen functional groups attached to an aromatic ring is 1. The zero-order valence-corrected chi connectivity index (χ0v) is 13.1. The Morgan fingerprint density at radius 3 is 2.22 bits per heavy atom. The van der Waals surface area contributed by atoms with Gasteiger partial charge in [0.15, 0.2) is 0 Å². The summed E-state index contributed by atoms with van der Waals surface area (Å²) in [6, 6.07) is 14.3. The number of rotatable bonds is 3. The number of halogens is 2. The lowest BCUT2D eigenvalue weighted by Crippen LogP contribution is -2.08. The van der Waals surface area contributed by atoms with Crippen LogP contribution in [-0.2, 0) is 0 Å². The van der Waals surface area contributed by atoms with Gasteiger partial charge in [0.1, 0.15) is 0 Å². The van der Waals surface area contributed by atoms with Gasteiger partial charge in [-0.3, -0.25) is 0 Å². The molecule has 2 aromatic carbocycles. The average Bonchev–Trinajstić information content (AvgIpc) is 2.33. The molecule has 0 aliphatic rings. The molecule has 0 heterocycles. The minimum Gasteiger partial charge on any atom is -0.397 e. The molecule has 0 fully saturated rings. The SMILES string of the molecule is CC(Nc1ccc(Br)cc1N)c1ccc(Br)cc1. The zero-order valence-electron chi connectivity index (χ0n) is 9.95. The summed E-state index contributed by atoms with van der Waals surface area (Å²) < 4.78 is 2.07. The summed E-state index contributed by atoms with van der Waals surface area (Å²) in [6.07, 6.45) is 0. The quantitative estimate of drug-likeness (QED) is 0.749. The summed E-state index contributed by atoms with van der Waals surface area (Å²) in [4.78, 5) is 0. The van der Waals surface area contributed by atoms with Gasteiger partial charge in [-0.05, 0) is 42.8 Å². The van der Waals surface area contributed by atoms with Gasteiger partial charge in [0, 0.05) is 15.0 Å². The van der Waals surface area contributed by atoms with Gasteiger partial charge < -0.3 is 11.1 Å². The van der Waals surface area contributed by atoms with Gasteiger partial charge in [-0.15, -0.1) is 0 Å². The molecule has 18 heavy (non-hydrogen) atoms. The molecule has 94 valence electrons. The largest absolute Gasteiger partial charge is 0.397 e. The van der Waals surface area contributed by atoms with Crippen LogP contribution in [0.4, 0.5) is 11.4 Å². The number of hydrogen-bond acceptors (Lipinski definition) is 2. The van der Waals surface area contributed by atoms with Crippen molar-refractivity contribution in [2.24, 2.45) is 0 Å². The van der Waals surface area contributed by atoms with E-state index in [4.69, 9.17) is 5.73 Å². The standard InChI is InChI=1S/C14H14Br2N2/c1-9(10-2-4-11(15)5-3-10)18-14-7-6-12(16)8-13(14)17/h2-9,18H,17H2,1H3. The molecule has 0 aliphatic carbocycles. The Labute approximate surface area is 124 Å². The van der Waals surface area contributed by atoms with E-state index in [1.54, 1.807) is 0 Å². The Kier molecular flexibility index (Phi) is 4.30.